The Labute approximate surface area is 142 Å². The number of likely N-dealkylation sites (tertiary alicyclic amines) is 1. The summed E-state index contributed by atoms with van der Waals surface area (Å²) < 4.78 is 11.5. The highest BCUT2D eigenvalue weighted by Gasteiger charge is 2.55. The number of fused-ring (bicyclic) bond motifs is 1. The third-order valence-corrected chi connectivity index (χ3v) is 5.38. The fourth-order valence-corrected chi connectivity index (χ4v) is 4.08. The molecule has 2 aliphatic rings. The first-order chi connectivity index (χ1) is 11.6. The largest absolute Gasteiger partial charge is 0.425 e. The van der Waals surface area contributed by atoms with E-state index in [-0.39, 0.29) is 5.41 Å². The van der Waals surface area contributed by atoms with Gasteiger partial charge in [0.05, 0.1) is 18.6 Å². The van der Waals surface area contributed by atoms with Crippen LogP contribution in [0.1, 0.15) is 28.6 Å². The number of nitrogens with zero attached hydrogens (tertiary/aromatic N) is 4. The van der Waals surface area contributed by atoms with E-state index in [1.165, 1.54) is 16.8 Å². The summed E-state index contributed by atoms with van der Waals surface area (Å²) in [7, 11) is 0. The second-order valence-corrected chi connectivity index (χ2v) is 7.26. The van der Waals surface area contributed by atoms with E-state index < -0.39 is 0 Å². The lowest BCUT2D eigenvalue weighted by Crippen LogP contribution is -2.36. The summed E-state index contributed by atoms with van der Waals surface area (Å²) >= 11 is 0. The van der Waals surface area contributed by atoms with E-state index in [9.17, 15) is 0 Å². The van der Waals surface area contributed by atoms with Crippen LogP contribution in [-0.2, 0) is 16.6 Å². The van der Waals surface area contributed by atoms with Crippen LogP contribution in [0.2, 0.25) is 0 Å². The van der Waals surface area contributed by atoms with Crippen molar-refractivity contribution < 1.29 is 9.15 Å². The van der Waals surface area contributed by atoms with Crippen LogP contribution in [0.4, 0.5) is 0 Å². The van der Waals surface area contributed by atoms with Crippen molar-refractivity contribution in [2.75, 3.05) is 32.8 Å². The normalized spacial score (nSPS) is 26.9. The van der Waals surface area contributed by atoms with E-state index in [0.717, 1.165) is 38.6 Å². The monoisotopic (exact) mass is 328 g/mol. The van der Waals surface area contributed by atoms with Crippen LogP contribution in [0.3, 0.4) is 0 Å². The average Bonchev–Trinajstić information content (AvgIpc) is 3.20. The topological polar surface area (TPSA) is 64.3 Å². The quantitative estimate of drug-likeness (QED) is 0.853. The number of hydrogen-bond acceptors (Lipinski definition) is 6. The van der Waals surface area contributed by atoms with Gasteiger partial charge >= 0.3 is 0 Å². The standard InChI is InChI=1S/C18H24N4O2/c1-12-6-13(2)16(19-7-12)4-5-22-8-15-9-23-11-18(15,10-22)17-21-20-14(3)24-17/h6-7,15H,4-5,8-11H2,1-3H3/t15-,18-/m0/s1. The second kappa shape index (κ2) is 5.93. The lowest BCUT2D eigenvalue weighted by atomic mass is 9.81. The van der Waals surface area contributed by atoms with Gasteiger partial charge in [0, 0.05) is 50.8 Å². The molecule has 0 bridgehead atoms. The predicted octanol–water partition coefficient (Wildman–Crippen LogP) is 1.83. The Kier molecular flexibility index (Phi) is 3.89. The van der Waals surface area contributed by atoms with Gasteiger partial charge in [-0.1, -0.05) is 6.07 Å². The Morgan fingerprint density at radius 1 is 1.29 bits per heavy atom. The van der Waals surface area contributed by atoms with Crippen molar-refractivity contribution in [2.45, 2.75) is 32.6 Å². The van der Waals surface area contributed by atoms with Gasteiger partial charge < -0.3 is 14.1 Å². The Hall–Kier alpha value is -1.79. The van der Waals surface area contributed by atoms with Gasteiger partial charge in [-0.2, -0.15) is 0 Å². The van der Waals surface area contributed by atoms with Crippen molar-refractivity contribution in [1.29, 1.82) is 0 Å². The van der Waals surface area contributed by atoms with Crippen molar-refractivity contribution >= 4 is 0 Å². The van der Waals surface area contributed by atoms with Crippen LogP contribution >= 0.6 is 0 Å². The number of aryl methyl sites for hydroxylation is 3. The molecule has 2 fully saturated rings. The van der Waals surface area contributed by atoms with Gasteiger partial charge in [-0.25, -0.2) is 0 Å². The van der Waals surface area contributed by atoms with Crippen molar-refractivity contribution in [3.63, 3.8) is 0 Å². The Morgan fingerprint density at radius 2 is 2.17 bits per heavy atom. The van der Waals surface area contributed by atoms with Crippen molar-refractivity contribution in [3.8, 4) is 0 Å². The van der Waals surface area contributed by atoms with E-state index in [1.54, 1.807) is 0 Å². The number of rotatable bonds is 4. The molecular weight excluding hydrogens is 304 g/mol. The van der Waals surface area contributed by atoms with E-state index in [0.29, 0.717) is 18.4 Å². The molecule has 24 heavy (non-hydrogen) atoms. The molecular formula is C18H24N4O2. The predicted molar refractivity (Wildman–Crippen MR) is 88.9 cm³/mol. The molecule has 2 atom stereocenters. The molecule has 0 spiro atoms. The summed E-state index contributed by atoms with van der Waals surface area (Å²) in [5.41, 5.74) is 3.56. The molecule has 6 heteroatoms. The maximum absolute atomic E-state index is 5.77. The smallest absolute Gasteiger partial charge is 0.226 e. The third-order valence-electron chi connectivity index (χ3n) is 5.38. The molecule has 0 aromatic carbocycles. The maximum atomic E-state index is 5.77. The van der Waals surface area contributed by atoms with Gasteiger partial charge in [-0.15, -0.1) is 10.2 Å². The van der Waals surface area contributed by atoms with Gasteiger partial charge in [-0.05, 0) is 25.0 Å². The zero-order chi connectivity index (χ0) is 16.7. The summed E-state index contributed by atoms with van der Waals surface area (Å²) in [5, 5.41) is 8.33. The highest BCUT2D eigenvalue weighted by atomic mass is 16.5. The molecule has 2 aromatic rings. The van der Waals surface area contributed by atoms with E-state index in [4.69, 9.17) is 9.15 Å². The van der Waals surface area contributed by atoms with Gasteiger partial charge in [0.1, 0.15) is 0 Å². The molecule has 0 amide bonds. The van der Waals surface area contributed by atoms with E-state index >= 15 is 0 Å². The molecule has 128 valence electrons. The van der Waals surface area contributed by atoms with Crippen LogP contribution in [0.25, 0.3) is 0 Å². The maximum Gasteiger partial charge on any atom is 0.226 e. The number of ether oxygens (including phenoxy) is 1. The van der Waals surface area contributed by atoms with E-state index in [2.05, 4.69) is 40.0 Å². The Balaban J connectivity index is 1.47. The summed E-state index contributed by atoms with van der Waals surface area (Å²) in [4.78, 5) is 7.09. The van der Waals surface area contributed by atoms with Crippen molar-refractivity contribution in [1.82, 2.24) is 20.1 Å². The van der Waals surface area contributed by atoms with Gasteiger partial charge in [0.15, 0.2) is 0 Å². The van der Waals surface area contributed by atoms with Crippen LogP contribution in [0.5, 0.6) is 0 Å². The molecule has 2 aliphatic heterocycles. The third kappa shape index (κ3) is 2.63. The molecule has 0 radical (unpaired) electrons. The minimum Gasteiger partial charge on any atom is -0.425 e. The highest BCUT2D eigenvalue weighted by molar-refractivity contribution is 5.23. The van der Waals surface area contributed by atoms with Crippen molar-refractivity contribution in [3.05, 3.63) is 40.9 Å². The highest BCUT2D eigenvalue weighted by Crippen LogP contribution is 2.43. The minimum absolute atomic E-state index is 0.128. The van der Waals surface area contributed by atoms with Gasteiger partial charge in [0.25, 0.3) is 0 Å². The first-order valence-corrected chi connectivity index (χ1v) is 8.60. The Morgan fingerprint density at radius 3 is 2.92 bits per heavy atom. The van der Waals surface area contributed by atoms with Crippen LogP contribution in [-0.4, -0.2) is 52.9 Å². The summed E-state index contributed by atoms with van der Waals surface area (Å²) in [6.07, 6.45) is 2.93. The lowest BCUT2D eigenvalue weighted by molar-refractivity contribution is 0.142. The molecule has 0 N–H and O–H groups in total. The fourth-order valence-electron chi connectivity index (χ4n) is 4.08. The van der Waals surface area contributed by atoms with Crippen molar-refractivity contribution in [2.24, 2.45) is 5.92 Å². The average molecular weight is 328 g/mol. The lowest BCUT2D eigenvalue weighted by Gasteiger charge is -2.23. The van der Waals surface area contributed by atoms with Gasteiger partial charge in [0.2, 0.25) is 11.8 Å². The molecule has 0 unspecified atom stereocenters. The molecule has 6 nitrogen and oxygen atoms in total. The molecule has 0 saturated carbocycles. The van der Waals surface area contributed by atoms with Crippen LogP contribution < -0.4 is 0 Å². The summed E-state index contributed by atoms with van der Waals surface area (Å²) in [6.45, 7) is 10.5. The van der Waals surface area contributed by atoms with Gasteiger partial charge in [-0.3, -0.25) is 4.98 Å². The first-order valence-electron chi connectivity index (χ1n) is 8.60. The number of hydrogen-bond donors (Lipinski definition) is 0. The second-order valence-electron chi connectivity index (χ2n) is 7.26. The SMILES string of the molecule is Cc1cnc(CCN2C[C@H]3COC[C@@]3(c3nnc(C)o3)C2)c(C)c1. The molecule has 2 saturated heterocycles. The van der Waals surface area contributed by atoms with Crippen LogP contribution in [0, 0.1) is 26.7 Å². The summed E-state index contributed by atoms with van der Waals surface area (Å²) in [5.74, 6) is 1.81. The number of pyridine rings is 1. The molecule has 2 aromatic heterocycles. The zero-order valence-electron chi connectivity index (χ0n) is 14.6. The number of aromatic nitrogens is 3. The zero-order valence-corrected chi connectivity index (χ0v) is 14.6. The molecule has 0 aliphatic carbocycles. The fraction of sp³-hybridized carbons (Fsp3) is 0.611. The Bertz CT molecular complexity index is 744. The minimum atomic E-state index is -0.128. The molecule has 4 rings (SSSR count). The van der Waals surface area contributed by atoms with Crippen LogP contribution in [0.15, 0.2) is 16.7 Å². The molecule has 4 heterocycles. The van der Waals surface area contributed by atoms with E-state index in [1.807, 2.05) is 13.1 Å². The summed E-state index contributed by atoms with van der Waals surface area (Å²) in [6, 6.07) is 2.21. The first kappa shape index (κ1) is 15.7.